The Labute approximate surface area is 108 Å². The monoisotopic (exact) mass is 255 g/mol. The lowest BCUT2D eigenvalue weighted by Gasteiger charge is -2.27. The van der Waals surface area contributed by atoms with Gasteiger partial charge in [0.15, 0.2) is 11.6 Å². The lowest BCUT2D eigenvalue weighted by atomic mass is 9.94. The van der Waals surface area contributed by atoms with Crippen molar-refractivity contribution in [2.45, 2.75) is 32.9 Å². The molecule has 0 aliphatic carbocycles. The van der Waals surface area contributed by atoms with E-state index in [1.165, 1.54) is 13.2 Å². The highest BCUT2D eigenvalue weighted by molar-refractivity contribution is 5.31. The Bertz CT molecular complexity index is 382. The molecule has 2 N–H and O–H groups in total. The van der Waals surface area contributed by atoms with E-state index < -0.39 is 5.82 Å². The van der Waals surface area contributed by atoms with E-state index in [2.05, 4.69) is 0 Å². The van der Waals surface area contributed by atoms with E-state index in [9.17, 15) is 4.39 Å². The van der Waals surface area contributed by atoms with Crippen molar-refractivity contribution in [3.63, 3.8) is 0 Å². The van der Waals surface area contributed by atoms with Crippen molar-refractivity contribution in [3.8, 4) is 5.75 Å². The number of nitrogens with two attached hydrogens (primary N) is 1. The Balaban J connectivity index is 2.94. The Morgan fingerprint density at radius 3 is 2.44 bits per heavy atom. The number of rotatable bonds is 6. The van der Waals surface area contributed by atoms with Gasteiger partial charge in [-0.25, -0.2) is 4.39 Å². The molecule has 2 atom stereocenters. The Hall–Kier alpha value is -1.13. The average Bonchev–Trinajstić information content (AvgIpc) is 2.34. The molecule has 2 unspecified atom stereocenters. The first-order valence-electron chi connectivity index (χ1n) is 6.21. The van der Waals surface area contributed by atoms with Gasteiger partial charge in [-0.2, -0.15) is 0 Å². The van der Waals surface area contributed by atoms with Crippen molar-refractivity contribution >= 4 is 0 Å². The van der Waals surface area contributed by atoms with Crippen LogP contribution in [0.3, 0.4) is 0 Å². The standard InChI is InChI=1S/C14H22FNO2/c1-5-18-14(9(2)3)13(16)10-6-7-12(17-4)11(15)8-10/h6-9,13-14H,5,16H2,1-4H3. The molecule has 18 heavy (non-hydrogen) atoms. The minimum Gasteiger partial charge on any atom is -0.494 e. The van der Waals surface area contributed by atoms with Gasteiger partial charge in [-0.3, -0.25) is 0 Å². The molecule has 0 saturated carbocycles. The van der Waals surface area contributed by atoms with Crippen LogP contribution < -0.4 is 10.5 Å². The molecule has 0 aliphatic heterocycles. The molecule has 3 nitrogen and oxygen atoms in total. The van der Waals surface area contributed by atoms with Crippen LogP contribution in [0, 0.1) is 11.7 Å². The van der Waals surface area contributed by atoms with Crippen molar-refractivity contribution in [2.75, 3.05) is 13.7 Å². The molecule has 1 aromatic rings. The van der Waals surface area contributed by atoms with Gasteiger partial charge < -0.3 is 15.2 Å². The van der Waals surface area contributed by atoms with Gasteiger partial charge in [-0.1, -0.05) is 19.9 Å². The van der Waals surface area contributed by atoms with Gasteiger partial charge in [0.2, 0.25) is 0 Å². The minimum absolute atomic E-state index is 0.122. The first-order valence-corrected chi connectivity index (χ1v) is 6.21. The SMILES string of the molecule is CCOC(C(C)C)C(N)c1ccc(OC)c(F)c1. The summed E-state index contributed by atoms with van der Waals surface area (Å²) in [5, 5.41) is 0. The summed E-state index contributed by atoms with van der Waals surface area (Å²) in [6.45, 7) is 6.60. The van der Waals surface area contributed by atoms with E-state index in [0.717, 1.165) is 5.56 Å². The van der Waals surface area contributed by atoms with Crippen LogP contribution in [0.5, 0.6) is 5.75 Å². The normalized spacial score (nSPS) is 14.6. The number of halogens is 1. The molecule has 0 fully saturated rings. The summed E-state index contributed by atoms with van der Waals surface area (Å²) in [6.07, 6.45) is -0.122. The second-order valence-corrected chi connectivity index (χ2v) is 4.58. The van der Waals surface area contributed by atoms with Gasteiger partial charge in [0, 0.05) is 6.61 Å². The highest BCUT2D eigenvalue weighted by Crippen LogP contribution is 2.26. The summed E-state index contributed by atoms with van der Waals surface area (Å²) in [5.41, 5.74) is 6.88. The van der Waals surface area contributed by atoms with Crippen LogP contribution in [-0.2, 0) is 4.74 Å². The van der Waals surface area contributed by atoms with Gasteiger partial charge in [0.05, 0.1) is 19.3 Å². The number of hydrogen-bond acceptors (Lipinski definition) is 3. The Morgan fingerprint density at radius 1 is 1.33 bits per heavy atom. The third-order valence-electron chi connectivity index (χ3n) is 2.93. The van der Waals surface area contributed by atoms with E-state index >= 15 is 0 Å². The van der Waals surface area contributed by atoms with E-state index in [0.29, 0.717) is 6.61 Å². The molecule has 1 aromatic carbocycles. The molecule has 0 aromatic heterocycles. The lowest BCUT2D eigenvalue weighted by Crippen LogP contribution is -2.33. The maximum Gasteiger partial charge on any atom is 0.165 e. The van der Waals surface area contributed by atoms with Crippen LogP contribution in [0.1, 0.15) is 32.4 Å². The third kappa shape index (κ3) is 3.43. The van der Waals surface area contributed by atoms with Crippen molar-refractivity contribution in [1.82, 2.24) is 0 Å². The summed E-state index contributed by atoms with van der Waals surface area (Å²) in [7, 11) is 1.44. The number of methoxy groups -OCH3 is 1. The van der Waals surface area contributed by atoms with Gasteiger partial charge in [0.1, 0.15) is 0 Å². The predicted molar refractivity (Wildman–Crippen MR) is 70.1 cm³/mol. The minimum atomic E-state index is -0.399. The van der Waals surface area contributed by atoms with E-state index in [-0.39, 0.29) is 23.8 Å². The highest BCUT2D eigenvalue weighted by atomic mass is 19.1. The summed E-state index contributed by atoms with van der Waals surface area (Å²) < 4.78 is 24.2. The van der Waals surface area contributed by atoms with E-state index in [1.807, 2.05) is 20.8 Å². The average molecular weight is 255 g/mol. The highest BCUT2D eigenvalue weighted by Gasteiger charge is 2.24. The largest absolute Gasteiger partial charge is 0.494 e. The maximum absolute atomic E-state index is 13.6. The van der Waals surface area contributed by atoms with Crippen molar-refractivity contribution in [2.24, 2.45) is 11.7 Å². The van der Waals surface area contributed by atoms with Crippen molar-refractivity contribution in [1.29, 1.82) is 0 Å². The second kappa shape index (κ2) is 6.71. The van der Waals surface area contributed by atoms with Crippen LogP contribution in [-0.4, -0.2) is 19.8 Å². The summed E-state index contributed by atoms with van der Waals surface area (Å²) in [6, 6.07) is 4.44. The molecule has 0 bridgehead atoms. The first kappa shape index (κ1) is 14.9. The second-order valence-electron chi connectivity index (χ2n) is 4.58. The number of benzene rings is 1. The molecular weight excluding hydrogens is 233 g/mol. The molecule has 0 saturated heterocycles. The zero-order valence-corrected chi connectivity index (χ0v) is 11.4. The molecule has 0 radical (unpaired) electrons. The smallest absolute Gasteiger partial charge is 0.165 e. The fourth-order valence-corrected chi connectivity index (χ4v) is 1.98. The van der Waals surface area contributed by atoms with E-state index in [4.69, 9.17) is 15.2 Å². The Morgan fingerprint density at radius 2 is 2.00 bits per heavy atom. The van der Waals surface area contributed by atoms with Crippen molar-refractivity contribution in [3.05, 3.63) is 29.6 Å². The van der Waals surface area contributed by atoms with Gasteiger partial charge in [-0.05, 0) is 30.5 Å². The van der Waals surface area contributed by atoms with Crippen molar-refractivity contribution < 1.29 is 13.9 Å². The fraction of sp³-hybridized carbons (Fsp3) is 0.571. The van der Waals surface area contributed by atoms with Crippen LogP contribution in [0.2, 0.25) is 0 Å². The first-order chi connectivity index (χ1) is 8.51. The zero-order valence-electron chi connectivity index (χ0n) is 11.4. The fourth-order valence-electron chi connectivity index (χ4n) is 1.98. The molecule has 0 spiro atoms. The lowest BCUT2D eigenvalue weighted by molar-refractivity contribution is 0.0121. The van der Waals surface area contributed by atoms with Gasteiger partial charge >= 0.3 is 0 Å². The quantitative estimate of drug-likeness (QED) is 0.850. The van der Waals surface area contributed by atoms with Gasteiger partial charge in [-0.15, -0.1) is 0 Å². The summed E-state index contributed by atoms with van der Waals surface area (Å²) >= 11 is 0. The van der Waals surface area contributed by atoms with E-state index in [1.54, 1.807) is 12.1 Å². The molecule has 1 rings (SSSR count). The number of ether oxygens (including phenoxy) is 2. The summed E-state index contributed by atoms with van der Waals surface area (Å²) in [4.78, 5) is 0. The molecule has 0 amide bonds. The molecule has 102 valence electrons. The zero-order chi connectivity index (χ0) is 13.7. The number of hydrogen-bond donors (Lipinski definition) is 1. The topological polar surface area (TPSA) is 44.5 Å². The predicted octanol–water partition coefficient (Wildman–Crippen LogP) is 2.90. The Kier molecular flexibility index (Phi) is 5.56. The maximum atomic E-state index is 13.6. The molecule has 4 heteroatoms. The summed E-state index contributed by atoms with van der Waals surface area (Å²) in [5.74, 6) is 0.0954. The van der Waals surface area contributed by atoms with Crippen LogP contribution in [0.15, 0.2) is 18.2 Å². The van der Waals surface area contributed by atoms with Crippen LogP contribution in [0.25, 0.3) is 0 Å². The van der Waals surface area contributed by atoms with Gasteiger partial charge in [0.25, 0.3) is 0 Å². The van der Waals surface area contributed by atoms with Crippen LogP contribution in [0.4, 0.5) is 4.39 Å². The van der Waals surface area contributed by atoms with Crippen LogP contribution >= 0.6 is 0 Å². The third-order valence-corrected chi connectivity index (χ3v) is 2.93. The molecule has 0 heterocycles. The molecular formula is C14H22FNO2. The molecule has 0 aliphatic rings.